The molecule has 0 bridgehead atoms. The van der Waals surface area contributed by atoms with Crippen LogP contribution in [0, 0.1) is 11.6 Å². The molecule has 2 aliphatic heterocycles. The highest BCUT2D eigenvalue weighted by Gasteiger charge is 2.31. The lowest BCUT2D eigenvalue weighted by Gasteiger charge is -2.33. The summed E-state index contributed by atoms with van der Waals surface area (Å²) in [5.41, 5.74) is 1.53. The number of sulfonamides is 1. The SMILES string of the molecule is CCc1cnc(N2CCC(Oc3c(F)cc(C4CCN(S(=O)(=O)C[C@H](O)CO)CC4)cc3F)CC2)nc1. The summed E-state index contributed by atoms with van der Waals surface area (Å²) in [4.78, 5) is 10.8. The largest absolute Gasteiger partial charge is 0.484 e. The average Bonchev–Trinajstić information content (AvgIpc) is 2.91. The molecule has 3 heterocycles. The van der Waals surface area contributed by atoms with E-state index in [4.69, 9.17) is 9.84 Å². The van der Waals surface area contributed by atoms with Gasteiger partial charge in [0, 0.05) is 51.4 Å². The Morgan fingerprint density at radius 3 is 2.19 bits per heavy atom. The highest BCUT2D eigenvalue weighted by atomic mass is 32.2. The standard InChI is InChI=1S/C25H34F2N4O5S/c1-2-17-13-28-25(29-14-17)30-7-5-21(6-8-30)36-24-22(26)11-19(12-23(24)27)18-3-9-31(10-4-18)37(34,35)16-20(33)15-32/h11-14,18,20-21,32-33H,2-10,15-16H2,1H3/t20-/m1/s1. The van der Waals surface area contributed by atoms with Gasteiger partial charge in [-0.3, -0.25) is 0 Å². The summed E-state index contributed by atoms with van der Waals surface area (Å²) in [5, 5.41) is 18.4. The zero-order valence-corrected chi connectivity index (χ0v) is 21.7. The molecule has 0 saturated carbocycles. The van der Waals surface area contributed by atoms with Crippen molar-refractivity contribution in [3.63, 3.8) is 0 Å². The first-order valence-corrected chi connectivity index (χ1v) is 14.3. The van der Waals surface area contributed by atoms with Crippen molar-refractivity contribution in [2.45, 2.75) is 57.2 Å². The Morgan fingerprint density at radius 1 is 1.05 bits per heavy atom. The highest BCUT2D eigenvalue weighted by Crippen LogP contribution is 2.34. The van der Waals surface area contributed by atoms with Crippen molar-refractivity contribution in [1.29, 1.82) is 0 Å². The predicted octanol–water partition coefficient (Wildman–Crippen LogP) is 2.23. The van der Waals surface area contributed by atoms with E-state index in [0.717, 1.165) is 12.0 Å². The average molecular weight is 541 g/mol. The van der Waals surface area contributed by atoms with Crippen LogP contribution in [0.5, 0.6) is 5.75 Å². The maximum Gasteiger partial charge on any atom is 0.225 e. The lowest BCUT2D eigenvalue weighted by Crippen LogP contribution is -2.42. The number of benzene rings is 1. The second-order valence-electron chi connectivity index (χ2n) is 9.65. The minimum Gasteiger partial charge on any atom is -0.484 e. The number of nitrogens with zero attached hydrogens (tertiary/aromatic N) is 4. The van der Waals surface area contributed by atoms with E-state index >= 15 is 0 Å². The van der Waals surface area contributed by atoms with Gasteiger partial charge >= 0.3 is 0 Å². The molecule has 2 fully saturated rings. The zero-order valence-electron chi connectivity index (χ0n) is 20.9. The smallest absolute Gasteiger partial charge is 0.225 e. The van der Waals surface area contributed by atoms with Crippen LogP contribution in [0.15, 0.2) is 24.5 Å². The summed E-state index contributed by atoms with van der Waals surface area (Å²) in [7, 11) is -3.72. The van der Waals surface area contributed by atoms with Crippen LogP contribution in [0.2, 0.25) is 0 Å². The molecule has 1 aromatic carbocycles. The van der Waals surface area contributed by atoms with Gasteiger partial charge < -0.3 is 19.8 Å². The number of piperidine rings is 2. The first-order valence-electron chi connectivity index (χ1n) is 12.7. The van der Waals surface area contributed by atoms with Crippen LogP contribution in [0.1, 0.15) is 49.7 Å². The molecule has 1 aromatic heterocycles. The maximum absolute atomic E-state index is 14.9. The van der Waals surface area contributed by atoms with Crippen molar-refractivity contribution in [3.8, 4) is 5.75 Å². The van der Waals surface area contributed by atoms with E-state index in [2.05, 4.69) is 9.97 Å². The number of aromatic nitrogens is 2. The number of aliphatic hydroxyl groups is 2. The Kier molecular flexibility index (Phi) is 8.94. The highest BCUT2D eigenvalue weighted by molar-refractivity contribution is 7.89. The van der Waals surface area contributed by atoms with Crippen LogP contribution in [0.25, 0.3) is 0 Å². The van der Waals surface area contributed by atoms with Crippen molar-refractivity contribution in [2.24, 2.45) is 0 Å². The number of anilines is 1. The second-order valence-corrected chi connectivity index (χ2v) is 11.7. The van der Waals surface area contributed by atoms with Gasteiger partial charge in [0.05, 0.1) is 18.5 Å². The molecule has 2 aliphatic rings. The molecular weight excluding hydrogens is 506 g/mol. The molecule has 2 aromatic rings. The molecule has 2 saturated heterocycles. The molecule has 2 N–H and O–H groups in total. The lowest BCUT2D eigenvalue weighted by molar-refractivity contribution is 0.111. The summed E-state index contributed by atoms with van der Waals surface area (Å²) in [6.45, 7) is 2.99. The summed E-state index contributed by atoms with van der Waals surface area (Å²) >= 11 is 0. The Labute approximate surface area is 216 Å². The van der Waals surface area contributed by atoms with Gasteiger partial charge in [-0.2, -0.15) is 0 Å². The number of hydrogen-bond acceptors (Lipinski definition) is 8. The van der Waals surface area contributed by atoms with Crippen LogP contribution in [0.4, 0.5) is 14.7 Å². The van der Waals surface area contributed by atoms with Crippen LogP contribution in [-0.2, 0) is 16.4 Å². The van der Waals surface area contributed by atoms with Gasteiger partial charge in [0.2, 0.25) is 16.0 Å². The molecule has 204 valence electrons. The Hall–Kier alpha value is -2.41. The van der Waals surface area contributed by atoms with E-state index in [-0.39, 0.29) is 30.9 Å². The number of hydrogen-bond donors (Lipinski definition) is 2. The van der Waals surface area contributed by atoms with E-state index in [1.165, 1.54) is 16.4 Å². The predicted molar refractivity (Wildman–Crippen MR) is 134 cm³/mol. The van der Waals surface area contributed by atoms with Gasteiger partial charge in [0.1, 0.15) is 6.10 Å². The van der Waals surface area contributed by atoms with Crippen LogP contribution >= 0.6 is 0 Å². The topological polar surface area (TPSA) is 116 Å². The first kappa shape index (κ1) is 27.6. The fraction of sp³-hybridized carbons (Fsp3) is 0.600. The lowest BCUT2D eigenvalue weighted by atomic mass is 9.90. The first-order chi connectivity index (χ1) is 17.7. The minimum absolute atomic E-state index is 0.177. The normalized spacial score (nSPS) is 19.2. The van der Waals surface area contributed by atoms with Gasteiger partial charge in [-0.15, -0.1) is 0 Å². The van der Waals surface area contributed by atoms with Gasteiger partial charge in [0.15, 0.2) is 17.4 Å². The minimum atomic E-state index is -3.72. The Morgan fingerprint density at radius 2 is 1.65 bits per heavy atom. The van der Waals surface area contributed by atoms with Crippen molar-refractivity contribution in [2.75, 3.05) is 43.4 Å². The fourth-order valence-electron chi connectivity index (χ4n) is 4.83. The fourth-order valence-corrected chi connectivity index (χ4v) is 6.40. The van der Waals surface area contributed by atoms with E-state index in [1.807, 2.05) is 24.2 Å². The summed E-state index contributed by atoms with van der Waals surface area (Å²) < 4.78 is 61.6. The number of aliphatic hydroxyl groups excluding tert-OH is 2. The third-order valence-corrected chi connectivity index (χ3v) is 9.02. The monoisotopic (exact) mass is 540 g/mol. The van der Waals surface area contributed by atoms with Gasteiger partial charge in [-0.1, -0.05) is 6.92 Å². The Balaban J connectivity index is 1.33. The summed E-state index contributed by atoms with van der Waals surface area (Å²) in [6.07, 6.45) is 4.76. The molecular formula is C25H34F2N4O5S. The number of halogens is 2. The van der Waals surface area contributed by atoms with Crippen molar-refractivity contribution in [3.05, 3.63) is 47.3 Å². The molecule has 0 amide bonds. The molecule has 12 heteroatoms. The quantitative estimate of drug-likeness (QED) is 0.498. The van der Waals surface area contributed by atoms with Gasteiger partial charge in [0.25, 0.3) is 0 Å². The van der Waals surface area contributed by atoms with E-state index in [0.29, 0.717) is 50.3 Å². The molecule has 0 spiro atoms. The Bertz CT molecular complexity index is 1130. The van der Waals surface area contributed by atoms with Crippen LogP contribution in [-0.4, -0.2) is 83.7 Å². The van der Waals surface area contributed by atoms with Crippen molar-refractivity contribution >= 4 is 16.0 Å². The molecule has 4 rings (SSSR count). The molecule has 0 radical (unpaired) electrons. The van der Waals surface area contributed by atoms with Crippen LogP contribution < -0.4 is 9.64 Å². The van der Waals surface area contributed by atoms with Gasteiger partial charge in [-0.05, 0) is 48.4 Å². The number of ether oxygens (including phenoxy) is 1. The maximum atomic E-state index is 14.9. The number of rotatable bonds is 9. The summed E-state index contributed by atoms with van der Waals surface area (Å²) in [6, 6.07) is 2.56. The third-order valence-electron chi connectivity index (χ3n) is 7.06. The van der Waals surface area contributed by atoms with E-state index in [1.54, 1.807) is 0 Å². The van der Waals surface area contributed by atoms with Crippen LogP contribution in [0.3, 0.4) is 0 Å². The molecule has 0 unspecified atom stereocenters. The van der Waals surface area contributed by atoms with Crippen molar-refractivity contribution in [1.82, 2.24) is 14.3 Å². The van der Waals surface area contributed by atoms with Gasteiger partial charge in [-0.25, -0.2) is 31.5 Å². The third kappa shape index (κ3) is 6.73. The molecule has 0 aliphatic carbocycles. The molecule has 9 nitrogen and oxygen atoms in total. The van der Waals surface area contributed by atoms with E-state index < -0.39 is 40.1 Å². The molecule has 1 atom stereocenters. The zero-order chi connectivity index (χ0) is 26.6. The number of aryl methyl sites for hydroxylation is 1. The second kappa shape index (κ2) is 12.0. The van der Waals surface area contributed by atoms with E-state index in [9.17, 15) is 22.3 Å². The summed E-state index contributed by atoms with van der Waals surface area (Å²) in [5.74, 6) is -2.03. The van der Waals surface area contributed by atoms with Crippen molar-refractivity contribution < 1.29 is 32.1 Å². The molecule has 37 heavy (non-hydrogen) atoms.